The van der Waals surface area contributed by atoms with Crippen molar-refractivity contribution in [1.82, 2.24) is 0 Å². The Kier molecular flexibility index (Phi) is 5.44. The van der Waals surface area contributed by atoms with E-state index in [-0.39, 0.29) is 17.2 Å². The predicted molar refractivity (Wildman–Crippen MR) is 68.0 cm³/mol. The quantitative estimate of drug-likeness (QED) is 0.800. The number of halogens is 2. The maximum absolute atomic E-state index is 11.7. The van der Waals surface area contributed by atoms with Crippen LogP contribution in [0.15, 0.2) is 18.2 Å². The summed E-state index contributed by atoms with van der Waals surface area (Å²) in [6, 6.07) is 4.33. The first-order valence-electron chi connectivity index (χ1n) is 5.28. The number of hydrogen-bond donors (Lipinski definition) is 0. The average molecular weight is 291 g/mol. The second kappa shape index (κ2) is 6.61. The number of hydrogen-bond acceptors (Lipinski definition) is 4. The number of carbonyl (C=O) groups excluding carboxylic acids is 2. The van der Waals surface area contributed by atoms with Crippen molar-refractivity contribution in [3.05, 3.63) is 33.8 Å². The van der Waals surface area contributed by atoms with Crippen molar-refractivity contribution < 1.29 is 19.1 Å². The maximum atomic E-state index is 11.7. The smallest absolute Gasteiger partial charge is 0.347 e. The molecule has 0 amide bonds. The van der Waals surface area contributed by atoms with Crippen LogP contribution in [0.2, 0.25) is 10.0 Å². The Bertz CT molecular complexity index is 459. The van der Waals surface area contributed by atoms with Crippen molar-refractivity contribution in [3.63, 3.8) is 0 Å². The summed E-state index contributed by atoms with van der Waals surface area (Å²) in [5.74, 6) is -1.25. The van der Waals surface area contributed by atoms with E-state index < -0.39 is 18.0 Å². The highest BCUT2D eigenvalue weighted by Gasteiger charge is 2.20. The second-order valence-corrected chi connectivity index (χ2v) is 4.24. The first-order valence-corrected chi connectivity index (χ1v) is 6.04. The van der Waals surface area contributed by atoms with E-state index in [2.05, 4.69) is 0 Å². The monoisotopic (exact) mass is 290 g/mol. The van der Waals surface area contributed by atoms with Gasteiger partial charge in [0, 0.05) is 0 Å². The summed E-state index contributed by atoms with van der Waals surface area (Å²) in [6.45, 7) is 3.34. The standard InChI is InChI=1S/C12H12Cl2O4/c1-3-17-11(15)7(2)18-12(16)8-4-5-9(13)10(14)6-8/h4-7H,3H2,1-2H3. The van der Waals surface area contributed by atoms with Crippen LogP contribution in [0.5, 0.6) is 0 Å². The molecule has 0 aliphatic heterocycles. The summed E-state index contributed by atoms with van der Waals surface area (Å²) in [6.07, 6.45) is -0.966. The van der Waals surface area contributed by atoms with E-state index in [9.17, 15) is 9.59 Å². The molecule has 0 saturated heterocycles. The van der Waals surface area contributed by atoms with Crippen molar-refractivity contribution in [2.24, 2.45) is 0 Å². The Balaban J connectivity index is 2.70. The fourth-order valence-corrected chi connectivity index (χ4v) is 1.46. The van der Waals surface area contributed by atoms with Gasteiger partial charge in [0.15, 0.2) is 6.10 Å². The van der Waals surface area contributed by atoms with Crippen LogP contribution in [0, 0.1) is 0 Å². The summed E-state index contributed by atoms with van der Waals surface area (Å²) >= 11 is 11.5. The minimum atomic E-state index is -0.966. The van der Waals surface area contributed by atoms with Crippen molar-refractivity contribution in [3.8, 4) is 0 Å². The highest BCUT2D eigenvalue weighted by atomic mass is 35.5. The molecule has 1 aromatic rings. The molecule has 4 nitrogen and oxygen atoms in total. The second-order valence-electron chi connectivity index (χ2n) is 3.43. The number of ether oxygens (including phenoxy) is 2. The molecular formula is C12H12Cl2O4. The Morgan fingerprint density at radius 2 is 1.94 bits per heavy atom. The van der Waals surface area contributed by atoms with E-state index in [4.69, 9.17) is 32.7 Å². The molecule has 0 spiro atoms. The summed E-state index contributed by atoms with van der Waals surface area (Å²) < 4.78 is 9.65. The van der Waals surface area contributed by atoms with Gasteiger partial charge in [-0.1, -0.05) is 23.2 Å². The molecule has 1 aromatic carbocycles. The minimum absolute atomic E-state index is 0.223. The summed E-state index contributed by atoms with van der Waals surface area (Å²) in [4.78, 5) is 23.0. The number of benzene rings is 1. The first-order chi connectivity index (χ1) is 8.45. The zero-order valence-corrected chi connectivity index (χ0v) is 11.4. The van der Waals surface area contributed by atoms with Crippen LogP contribution in [0.1, 0.15) is 24.2 Å². The van der Waals surface area contributed by atoms with E-state index in [0.29, 0.717) is 5.02 Å². The Morgan fingerprint density at radius 3 is 2.50 bits per heavy atom. The van der Waals surface area contributed by atoms with E-state index in [1.807, 2.05) is 0 Å². The lowest BCUT2D eigenvalue weighted by atomic mass is 10.2. The van der Waals surface area contributed by atoms with Gasteiger partial charge >= 0.3 is 11.9 Å². The third-order valence-corrected chi connectivity index (χ3v) is 2.80. The number of esters is 2. The fraction of sp³-hybridized carbons (Fsp3) is 0.333. The first kappa shape index (κ1) is 14.8. The molecule has 98 valence electrons. The van der Waals surface area contributed by atoms with Crippen LogP contribution in [0.4, 0.5) is 0 Å². The molecular weight excluding hydrogens is 279 g/mol. The number of rotatable bonds is 4. The van der Waals surface area contributed by atoms with Gasteiger partial charge in [-0.3, -0.25) is 0 Å². The normalized spacial score (nSPS) is 11.8. The van der Waals surface area contributed by atoms with Crippen LogP contribution in [-0.4, -0.2) is 24.6 Å². The van der Waals surface area contributed by atoms with Gasteiger partial charge in [-0.2, -0.15) is 0 Å². The molecule has 6 heteroatoms. The Morgan fingerprint density at radius 1 is 1.28 bits per heavy atom. The molecule has 0 aliphatic rings. The molecule has 0 heterocycles. The highest BCUT2D eigenvalue weighted by Crippen LogP contribution is 2.23. The van der Waals surface area contributed by atoms with Gasteiger partial charge in [0.2, 0.25) is 0 Å². The van der Waals surface area contributed by atoms with Gasteiger partial charge in [-0.15, -0.1) is 0 Å². The van der Waals surface area contributed by atoms with E-state index in [1.165, 1.54) is 25.1 Å². The molecule has 0 aliphatic carbocycles. The largest absolute Gasteiger partial charge is 0.463 e. The van der Waals surface area contributed by atoms with Crippen molar-refractivity contribution in [2.45, 2.75) is 20.0 Å². The summed E-state index contributed by atoms with van der Waals surface area (Å²) in [7, 11) is 0. The third kappa shape index (κ3) is 3.89. The molecule has 1 rings (SSSR count). The highest BCUT2D eigenvalue weighted by molar-refractivity contribution is 6.42. The van der Waals surface area contributed by atoms with Gasteiger partial charge in [-0.05, 0) is 32.0 Å². The van der Waals surface area contributed by atoms with Crippen LogP contribution in [0.3, 0.4) is 0 Å². The van der Waals surface area contributed by atoms with Crippen LogP contribution >= 0.6 is 23.2 Å². The van der Waals surface area contributed by atoms with Crippen molar-refractivity contribution in [2.75, 3.05) is 6.61 Å². The number of carbonyl (C=O) groups is 2. The van der Waals surface area contributed by atoms with Crippen molar-refractivity contribution in [1.29, 1.82) is 0 Å². The predicted octanol–water partition coefficient (Wildman–Crippen LogP) is 3.10. The molecule has 0 fully saturated rings. The summed E-state index contributed by atoms with van der Waals surface area (Å²) in [5, 5.41) is 0.585. The molecule has 0 bridgehead atoms. The SMILES string of the molecule is CCOC(=O)C(C)OC(=O)c1ccc(Cl)c(Cl)c1. The zero-order valence-electron chi connectivity index (χ0n) is 9.91. The lowest BCUT2D eigenvalue weighted by molar-refractivity contribution is -0.152. The average Bonchev–Trinajstić information content (AvgIpc) is 2.32. The van der Waals surface area contributed by atoms with Gasteiger partial charge in [0.05, 0.1) is 22.2 Å². The molecule has 0 saturated carbocycles. The Labute approximate surface area is 115 Å². The molecule has 1 unspecified atom stereocenters. The van der Waals surface area contributed by atoms with E-state index >= 15 is 0 Å². The van der Waals surface area contributed by atoms with Crippen LogP contribution < -0.4 is 0 Å². The summed E-state index contributed by atoms with van der Waals surface area (Å²) in [5.41, 5.74) is 0.223. The zero-order chi connectivity index (χ0) is 13.7. The molecule has 0 N–H and O–H groups in total. The lowest BCUT2D eigenvalue weighted by Crippen LogP contribution is -2.26. The molecule has 1 atom stereocenters. The molecule has 0 radical (unpaired) electrons. The van der Waals surface area contributed by atoms with Crippen molar-refractivity contribution >= 4 is 35.1 Å². The van der Waals surface area contributed by atoms with Gasteiger partial charge in [0.25, 0.3) is 0 Å². The topological polar surface area (TPSA) is 52.6 Å². The van der Waals surface area contributed by atoms with Crippen LogP contribution in [0.25, 0.3) is 0 Å². The minimum Gasteiger partial charge on any atom is -0.463 e. The third-order valence-electron chi connectivity index (χ3n) is 2.06. The lowest BCUT2D eigenvalue weighted by Gasteiger charge is -2.12. The Hall–Kier alpha value is -1.26. The van der Waals surface area contributed by atoms with E-state index in [1.54, 1.807) is 6.92 Å². The molecule has 18 heavy (non-hydrogen) atoms. The molecule has 0 aromatic heterocycles. The van der Waals surface area contributed by atoms with E-state index in [0.717, 1.165) is 0 Å². The van der Waals surface area contributed by atoms with Gasteiger partial charge in [0.1, 0.15) is 0 Å². The maximum Gasteiger partial charge on any atom is 0.347 e. The van der Waals surface area contributed by atoms with Gasteiger partial charge < -0.3 is 9.47 Å². The van der Waals surface area contributed by atoms with Gasteiger partial charge in [-0.25, -0.2) is 9.59 Å². The van der Waals surface area contributed by atoms with Crippen LogP contribution in [-0.2, 0) is 14.3 Å². The fourth-order valence-electron chi connectivity index (χ4n) is 1.16.